The summed E-state index contributed by atoms with van der Waals surface area (Å²) in [5.41, 5.74) is 0. The Bertz CT molecular complexity index is 2420. The molecule has 1 N–H and O–H groups in total. The second-order valence-corrected chi connectivity index (χ2v) is 49.1. The average molecular weight is 1780 g/mol. The molecular formula is C113H234N12O. The predicted octanol–water partition coefficient (Wildman–Crippen LogP) is 26.0. The molecule has 0 aliphatic carbocycles. The van der Waals surface area contributed by atoms with Gasteiger partial charge >= 0.3 is 0 Å². The van der Waals surface area contributed by atoms with Gasteiger partial charge in [0, 0.05) is 155 Å². The Morgan fingerprint density at radius 1 is 0.262 bits per heavy atom. The van der Waals surface area contributed by atoms with Gasteiger partial charge in [0.05, 0.1) is 12.7 Å². The summed E-state index contributed by atoms with van der Waals surface area (Å²) in [4.78, 5) is 28.8. The first-order valence-corrected chi connectivity index (χ1v) is 55.6. The van der Waals surface area contributed by atoms with E-state index in [1.807, 2.05) is 0 Å². The van der Waals surface area contributed by atoms with Crippen molar-refractivity contribution in [2.75, 3.05) is 118 Å². The molecule has 12 heterocycles. The van der Waals surface area contributed by atoms with Gasteiger partial charge in [-0.1, -0.05) is 118 Å². The lowest BCUT2D eigenvalue weighted by molar-refractivity contribution is -0.0591. The average Bonchev–Trinajstić information content (AvgIpc) is 1.65. The first-order valence-electron chi connectivity index (χ1n) is 55.6. The summed E-state index contributed by atoms with van der Waals surface area (Å²) in [5, 5.41) is 3.65. The predicted molar refractivity (Wildman–Crippen MR) is 561 cm³/mol. The highest BCUT2D eigenvalue weighted by Gasteiger charge is 2.44. The largest absolute Gasteiger partial charge is 0.375 e. The van der Waals surface area contributed by atoms with Crippen LogP contribution in [0.4, 0.5) is 0 Å². The Morgan fingerprint density at radius 3 is 0.897 bits per heavy atom. The van der Waals surface area contributed by atoms with Crippen LogP contribution in [0.5, 0.6) is 0 Å². The van der Waals surface area contributed by atoms with E-state index in [-0.39, 0.29) is 0 Å². The molecule has 12 aliphatic heterocycles. The molecule has 10 atom stereocenters. The normalized spacial score (nSPS) is 28.7. The fraction of sp³-hybridized carbons (Fsp3) is 1.00. The molecule has 0 amide bonds. The maximum absolute atomic E-state index is 5.68. The third-order valence-electron chi connectivity index (χ3n) is 32.9. The molecule has 0 aromatic heterocycles. The van der Waals surface area contributed by atoms with Gasteiger partial charge in [0.15, 0.2) is 0 Å². The molecule has 12 saturated heterocycles. The fourth-order valence-corrected chi connectivity index (χ4v) is 23.7. The Morgan fingerprint density at radius 2 is 0.587 bits per heavy atom. The van der Waals surface area contributed by atoms with Gasteiger partial charge < -0.3 is 34.6 Å². The van der Waals surface area contributed by atoms with Gasteiger partial charge in [-0.05, 0) is 449 Å². The van der Waals surface area contributed by atoms with Gasteiger partial charge in [-0.3, -0.25) is 29.4 Å². The van der Waals surface area contributed by atoms with Gasteiger partial charge in [-0.25, -0.2) is 0 Å². The van der Waals surface area contributed by atoms with Gasteiger partial charge in [-0.15, -0.1) is 0 Å². The topological polar surface area (TPSA) is 56.9 Å². The van der Waals surface area contributed by atoms with E-state index in [2.05, 4.69) is 336 Å². The Labute approximate surface area is 793 Å². The number of rotatable bonds is 21. The Hall–Kier alpha value is -0.520. The molecule has 13 heteroatoms. The van der Waals surface area contributed by atoms with Crippen LogP contribution in [0.3, 0.4) is 0 Å². The zero-order chi connectivity index (χ0) is 95.1. The van der Waals surface area contributed by atoms with Crippen molar-refractivity contribution in [1.29, 1.82) is 0 Å². The van der Waals surface area contributed by atoms with Crippen molar-refractivity contribution < 1.29 is 4.74 Å². The van der Waals surface area contributed by atoms with Crippen molar-refractivity contribution in [2.45, 2.75) is 533 Å². The number of piperazine rings is 1. The van der Waals surface area contributed by atoms with Crippen molar-refractivity contribution >= 4 is 0 Å². The van der Waals surface area contributed by atoms with E-state index in [4.69, 9.17) is 4.74 Å². The number of nitrogens with zero attached hydrogens (tertiary/aromatic N) is 11. The fourth-order valence-electron chi connectivity index (χ4n) is 23.7. The zero-order valence-electron chi connectivity index (χ0n) is 93.2. The Kier molecular flexibility index (Phi) is 59.9. The molecule has 12 aliphatic rings. The van der Waals surface area contributed by atoms with Crippen LogP contribution < -0.4 is 5.32 Å². The van der Waals surface area contributed by atoms with Crippen LogP contribution in [-0.4, -0.2) is 287 Å². The number of morpholine rings is 1. The van der Waals surface area contributed by atoms with Crippen LogP contribution in [-0.2, 0) is 4.74 Å². The van der Waals surface area contributed by atoms with Crippen molar-refractivity contribution in [1.82, 2.24) is 59.2 Å². The lowest BCUT2D eigenvalue weighted by Crippen LogP contribution is -2.50. The molecule has 12 rings (SSSR count). The molecule has 4 bridgehead atoms. The van der Waals surface area contributed by atoms with E-state index < -0.39 is 0 Å². The van der Waals surface area contributed by atoms with E-state index >= 15 is 0 Å². The van der Waals surface area contributed by atoms with Crippen LogP contribution in [0, 0.1) is 82.9 Å². The van der Waals surface area contributed by atoms with Crippen molar-refractivity contribution in [3.05, 3.63) is 0 Å². The van der Waals surface area contributed by atoms with Gasteiger partial charge in [0.2, 0.25) is 0 Å². The van der Waals surface area contributed by atoms with Crippen LogP contribution in [0.2, 0.25) is 0 Å². The molecule has 13 nitrogen and oxygen atoms in total. The zero-order valence-corrected chi connectivity index (χ0v) is 93.2. The second kappa shape index (κ2) is 63.1. The number of likely N-dealkylation sites (tertiary alicyclic amines) is 6. The van der Waals surface area contributed by atoms with Gasteiger partial charge in [0.25, 0.3) is 0 Å². The maximum Gasteiger partial charge on any atom is 0.0725 e. The summed E-state index contributed by atoms with van der Waals surface area (Å²) in [5.74, 6) is 12.8. The van der Waals surface area contributed by atoms with Crippen LogP contribution in [0.1, 0.15) is 418 Å². The monoisotopic (exact) mass is 1780 g/mol. The SMILES string of the molecule is CC(C)C1CC2CCC(C1)N2C(C)C.CC(C)C1CC2CCC(C1)N2C(C)C.CC(C)C1CCCN(C(C)C)CC1.CC(C)C1CCN(C(C)C)C(C)C1.CC(C)C1CCN(C(C)C)CC1.CC(C)C1CN(C(C)C)CCO1.CC(C)CC1CCN(C(C)C)CC1.CC(C)N1CCN(C(C)C)CC1.CC(C)NC1CCCN(C(C)C)CC1.CC1CCN(C(C)C)C1. The molecule has 0 saturated carbocycles. The number of fused-ring (bicyclic) bond motifs is 4. The summed E-state index contributed by atoms with van der Waals surface area (Å²) < 4.78 is 5.68. The molecule has 12 fully saturated rings. The highest BCUT2D eigenvalue weighted by atomic mass is 16.5. The molecular weight excluding hydrogens is 1540 g/mol. The smallest absolute Gasteiger partial charge is 0.0725 e. The van der Waals surface area contributed by atoms with Crippen LogP contribution in [0.25, 0.3) is 0 Å². The van der Waals surface area contributed by atoms with Crippen LogP contribution >= 0.6 is 0 Å². The highest BCUT2D eigenvalue weighted by Crippen LogP contribution is 2.44. The first kappa shape index (κ1) is 120. The minimum atomic E-state index is 0.446. The summed E-state index contributed by atoms with van der Waals surface area (Å²) in [6.07, 6.45) is 31.8. The summed E-state index contributed by atoms with van der Waals surface area (Å²) in [6.45, 7) is 115. The lowest BCUT2D eigenvalue weighted by atomic mass is 9.82. The number of ether oxygens (including phenoxy) is 1. The standard InChI is InChI=1S/2C13H25N.C12H26N2.3C12H25N.C11H23N.C10H22N2.C10H21NO.C8H17N/c2*1-9(2)11-7-12-5-6-13(8-11)14(12)10(3)4;1-10(2)13-12-6-5-8-14(9-7-12)11(3)4;1-9(2)12-6-7-13(10(3)4)11(5)8-12;1-10(2)9-12-5-7-13(8-6-12)11(3)4;1-10(2)12-6-5-8-13(9-7-12)11(3)4;2*1-9(2)11-5-7-12(8-6-11)10(3)4;1-8(2)10-7-11(9(3)4)5-6-12-10;1-7(2)9-5-4-8(3)6-9/h2*9-13H,5-8H2,1-4H3;10-13H,5-9H2,1-4H3;9-12H,6-8H2,1-5H3;2*10-12H,5-9H2,1-4H3;9-11H,5-8H2,1-4H3;9-10H,5-8H2,1-4H3;8-10H,5-7H2,1-4H3;7-8H,4-6H2,1-3H3. The van der Waals surface area contributed by atoms with E-state index in [1.165, 1.54) is 239 Å². The molecule has 126 heavy (non-hydrogen) atoms. The number of hydrogen-bond donors (Lipinski definition) is 1. The molecule has 0 radical (unpaired) electrons. The summed E-state index contributed by atoms with van der Waals surface area (Å²) in [6, 6.07) is 13.9. The van der Waals surface area contributed by atoms with E-state index in [9.17, 15) is 0 Å². The van der Waals surface area contributed by atoms with Crippen molar-refractivity contribution in [3.8, 4) is 0 Å². The highest BCUT2D eigenvalue weighted by molar-refractivity contribution is 4.99. The van der Waals surface area contributed by atoms with Gasteiger partial charge in [-0.2, -0.15) is 0 Å². The molecule has 10 unspecified atom stereocenters. The number of piperidine rings is 5. The lowest BCUT2D eigenvalue weighted by Gasteiger charge is -2.42. The van der Waals surface area contributed by atoms with E-state index in [0.717, 1.165) is 187 Å². The Balaban J connectivity index is 0.000000362. The third kappa shape index (κ3) is 45.6. The minimum Gasteiger partial charge on any atom is -0.375 e. The number of nitrogens with one attached hydrogen (secondary N) is 1. The van der Waals surface area contributed by atoms with Crippen molar-refractivity contribution in [3.63, 3.8) is 0 Å². The van der Waals surface area contributed by atoms with Crippen LogP contribution in [0.15, 0.2) is 0 Å². The molecule has 0 aromatic carbocycles. The van der Waals surface area contributed by atoms with Gasteiger partial charge in [0.1, 0.15) is 0 Å². The molecule has 0 aromatic rings. The maximum atomic E-state index is 5.68. The van der Waals surface area contributed by atoms with Crippen molar-refractivity contribution in [2.24, 2.45) is 82.9 Å². The van der Waals surface area contributed by atoms with E-state index in [0.29, 0.717) is 30.1 Å². The first-order chi connectivity index (χ1) is 59.0. The number of hydrogen-bond acceptors (Lipinski definition) is 13. The van der Waals surface area contributed by atoms with E-state index in [1.54, 1.807) is 0 Å². The second-order valence-electron chi connectivity index (χ2n) is 49.1. The third-order valence-corrected chi connectivity index (χ3v) is 32.9. The minimum absolute atomic E-state index is 0.446. The molecule has 752 valence electrons. The summed E-state index contributed by atoms with van der Waals surface area (Å²) >= 11 is 0. The quantitative estimate of drug-likeness (QED) is 0.119. The summed E-state index contributed by atoms with van der Waals surface area (Å²) in [7, 11) is 0. The molecule has 0 spiro atoms.